The average Bonchev–Trinajstić information content (AvgIpc) is 3.11. The number of rotatable bonds is 2. The van der Waals surface area contributed by atoms with Gasteiger partial charge in [0.05, 0.1) is 29.7 Å². The first-order chi connectivity index (χ1) is 12.0. The molecule has 2 unspecified atom stereocenters. The molecule has 1 aromatic carbocycles. The maximum absolute atomic E-state index is 13.5. The molecule has 1 saturated carbocycles. The minimum atomic E-state index is -0.489. The van der Waals surface area contributed by atoms with Crippen LogP contribution in [0.4, 0.5) is 4.39 Å². The molecule has 1 aliphatic heterocycles. The van der Waals surface area contributed by atoms with Crippen LogP contribution < -0.4 is 0 Å². The first-order valence-corrected chi connectivity index (χ1v) is 8.46. The number of aromatic nitrogens is 2. The first kappa shape index (κ1) is 16.2. The molecule has 0 radical (unpaired) electrons. The van der Waals surface area contributed by atoms with E-state index in [0.29, 0.717) is 49.2 Å². The molecule has 0 bridgehead atoms. The van der Waals surface area contributed by atoms with Crippen molar-refractivity contribution in [1.82, 2.24) is 15.1 Å². The predicted octanol–water partition coefficient (Wildman–Crippen LogP) is 1.56. The molecule has 2 heterocycles. The number of piperidine rings is 1. The number of carbonyl (C=O) groups excluding carboxylic acids is 1. The summed E-state index contributed by atoms with van der Waals surface area (Å²) in [5.74, 6) is -0.551. The van der Waals surface area contributed by atoms with Crippen LogP contribution in [-0.4, -0.2) is 56.5 Å². The van der Waals surface area contributed by atoms with Crippen molar-refractivity contribution >= 4 is 5.91 Å². The third-order valence-corrected chi connectivity index (χ3v) is 5.74. The summed E-state index contributed by atoms with van der Waals surface area (Å²) in [4.78, 5) is 14.6. The molecule has 132 valence electrons. The van der Waals surface area contributed by atoms with Crippen LogP contribution in [0.1, 0.15) is 29.6 Å². The Balaban J connectivity index is 1.53. The molecule has 6 nitrogen and oxygen atoms in total. The number of hydrogen-bond acceptors (Lipinski definition) is 4. The van der Waals surface area contributed by atoms with Gasteiger partial charge in [-0.3, -0.25) is 9.89 Å². The van der Waals surface area contributed by atoms with Gasteiger partial charge in [-0.2, -0.15) is 5.10 Å². The lowest BCUT2D eigenvalue weighted by Crippen LogP contribution is -2.61. The highest BCUT2D eigenvalue weighted by atomic mass is 19.1. The molecule has 1 saturated heterocycles. The molecule has 2 aromatic rings. The number of H-pyrrole nitrogens is 1. The fraction of sp³-hybridized carbons (Fsp3) is 0.444. The van der Waals surface area contributed by atoms with Crippen molar-refractivity contribution in [2.75, 3.05) is 13.1 Å². The fourth-order valence-electron chi connectivity index (χ4n) is 4.02. The molecule has 1 spiro atoms. The van der Waals surface area contributed by atoms with Crippen LogP contribution in [0.5, 0.6) is 0 Å². The van der Waals surface area contributed by atoms with E-state index in [9.17, 15) is 19.4 Å². The Morgan fingerprint density at radius 3 is 2.64 bits per heavy atom. The zero-order chi connectivity index (χ0) is 17.6. The number of hydrogen-bond donors (Lipinski definition) is 3. The standard InChI is InChI=1S/C18H20FN3O3/c19-12-3-1-2-11(8-12)16-13(10-20-21-16)17(25)22-6-4-18(5-7-22)14(23)9-15(18)24/h1-3,8,10,14-15,23-24H,4-7,9H2,(H,20,21). The third kappa shape index (κ3) is 2.54. The number of nitrogens with one attached hydrogen (secondary N) is 1. The smallest absolute Gasteiger partial charge is 0.257 e. The van der Waals surface area contributed by atoms with Crippen molar-refractivity contribution in [3.63, 3.8) is 0 Å². The number of halogens is 1. The molecule has 1 aromatic heterocycles. The van der Waals surface area contributed by atoms with Crippen molar-refractivity contribution in [3.05, 3.63) is 41.8 Å². The van der Waals surface area contributed by atoms with E-state index in [4.69, 9.17) is 0 Å². The molecule has 7 heteroatoms. The van der Waals surface area contributed by atoms with Gasteiger partial charge >= 0.3 is 0 Å². The zero-order valence-corrected chi connectivity index (χ0v) is 13.7. The van der Waals surface area contributed by atoms with Crippen molar-refractivity contribution in [3.8, 4) is 11.3 Å². The molecule has 3 N–H and O–H groups in total. The third-order valence-electron chi connectivity index (χ3n) is 5.74. The molecule has 2 atom stereocenters. The van der Waals surface area contributed by atoms with Crippen LogP contribution in [0.25, 0.3) is 11.3 Å². The molecule has 2 aliphatic rings. The summed E-state index contributed by atoms with van der Waals surface area (Å²) in [6.45, 7) is 0.946. The molecule has 2 fully saturated rings. The van der Waals surface area contributed by atoms with Crippen molar-refractivity contribution in [2.45, 2.75) is 31.5 Å². The Labute approximate surface area is 144 Å². The Morgan fingerprint density at radius 2 is 2.00 bits per heavy atom. The van der Waals surface area contributed by atoms with Crippen LogP contribution >= 0.6 is 0 Å². The molecular formula is C18H20FN3O3. The van der Waals surface area contributed by atoms with Crippen molar-refractivity contribution in [2.24, 2.45) is 5.41 Å². The number of benzene rings is 1. The van der Waals surface area contributed by atoms with Gasteiger partial charge in [-0.15, -0.1) is 0 Å². The summed E-state index contributed by atoms with van der Waals surface area (Å²) < 4.78 is 13.5. The minimum absolute atomic E-state index is 0.175. The number of likely N-dealkylation sites (tertiary alicyclic amines) is 1. The summed E-state index contributed by atoms with van der Waals surface area (Å²) in [7, 11) is 0. The van der Waals surface area contributed by atoms with E-state index < -0.39 is 17.6 Å². The van der Waals surface area contributed by atoms with Gasteiger partial charge in [-0.05, 0) is 25.0 Å². The number of aliphatic hydroxyl groups excluding tert-OH is 2. The number of aromatic amines is 1. The van der Waals surface area contributed by atoms with Gasteiger partial charge in [0.1, 0.15) is 5.82 Å². The van der Waals surface area contributed by atoms with Gasteiger partial charge in [0.25, 0.3) is 5.91 Å². The van der Waals surface area contributed by atoms with Gasteiger partial charge in [0.2, 0.25) is 0 Å². The van der Waals surface area contributed by atoms with Crippen molar-refractivity contribution in [1.29, 1.82) is 0 Å². The monoisotopic (exact) mass is 345 g/mol. The highest BCUT2D eigenvalue weighted by Gasteiger charge is 2.55. The number of amides is 1. The summed E-state index contributed by atoms with van der Waals surface area (Å²) >= 11 is 0. The summed E-state index contributed by atoms with van der Waals surface area (Å²) in [5.41, 5.74) is 1.00. The number of aliphatic hydroxyl groups is 2. The van der Waals surface area contributed by atoms with E-state index in [1.54, 1.807) is 17.0 Å². The molecule has 25 heavy (non-hydrogen) atoms. The second-order valence-electron chi connectivity index (χ2n) is 6.96. The zero-order valence-electron chi connectivity index (χ0n) is 13.7. The minimum Gasteiger partial charge on any atom is -0.392 e. The van der Waals surface area contributed by atoms with Crippen LogP contribution in [-0.2, 0) is 0 Å². The number of nitrogens with zero attached hydrogens (tertiary/aromatic N) is 2. The van der Waals surface area contributed by atoms with Crippen LogP contribution in [0, 0.1) is 11.2 Å². The van der Waals surface area contributed by atoms with Crippen molar-refractivity contribution < 1.29 is 19.4 Å². The Hall–Kier alpha value is -2.25. The van der Waals surface area contributed by atoms with E-state index in [2.05, 4.69) is 10.2 Å². The van der Waals surface area contributed by atoms with E-state index in [1.165, 1.54) is 18.3 Å². The molecule has 1 aliphatic carbocycles. The van der Waals surface area contributed by atoms with E-state index in [-0.39, 0.29) is 11.7 Å². The van der Waals surface area contributed by atoms with Crippen LogP contribution in [0.2, 0.25) is 0 Å². The van der Waals surface area contributed by atoms with E-state index in [0.717, 1.165) is 0 Å². The Morgan fingerprint density at radius 1 is 1.28 bits per heavy atom. The van der Waals surface area contributed by atoms with Gasteiger partial charge in [-0.1, -0.05) is 12.1 Å². The quantitative estimate of drug-likeness (QED) is 0.771. The lowest BCUT2D eigenvalue weighted by molar-refractivity contribution is -0.187. The van der Waals surface area contributed by atoms with Gasteiger partial charge in [0.15, 0.2) is 0 Å². The van der Waals surface area contributed by atoms with Gasteiger partial charge in [-0.25, -0.2) is 4.39 Å². The average molecular weight is 345 g/mol. The molecule has 4 rings (SSSR count). The SMILES string of the molecule is O=C(c1cn[nH]c1-c1cccc(F)c1)N1CCC2(CC1)C(O)CC2O. The van der Waals surface area contributed by atoms with Gasteiger partial charge in [0, 0.05) is 30.5 Å². The van der Waals surface area contributed by atoms with Crippen LogP contribution in [0.15, 0.2) is 30.5 Å². The summed E-state index contributed by atoms with van der Waals surface area (Å²) in [6.07, 6.45) is 2.05. The lowest BCUT2D eigenvalue weighted by Gasteiger charge is -2.54. The van der Waals surface area contributed by atoms with Gasteiger partial charge < -0.3 is 15.1 Å². The summed E-state index contributed by atoms with van der Waals surface area (Å²) in [5, 5.41) is 26.7. The Kier molecular flexibility index (Phi) is 3.85. The lowest BCUT2D eigenvalue weighted by atomic mass is 9.58. The fourth-order valence-corrected chi connectivity index (χ4v) is 4.02. The first-order valence-electron chi connectivity index (χ1n) is 8.46. The second-order valence-corrected chi connectivity index (χ2v) is 6.96. The van der Waals surface area contributed by atoms with E-state index in [1.807, 2.05) is 0 Å². The Bertz CT molecular complexity index is 788. The van der Waals surface area contributed by atoms with Crippen LogP contribution in [0.3, 0.4) is 0 Å². The molecular weight excluding hydrogens is 325 g/mol. The maximum atomic E-state index is 13.5. The number of carbonyl (C=O) groups is 1. The molecule has 1 amide bonds. The topological polar surface area (TPSA) is 89.5 Å². The highest BCUT2D eigenvalue weighted by Crippen LogP contribution is 2.49. The summed E-state index contributed by atoms with van der Waals surface area (Å²) in [6, 6.07) is 6.01. The highest BCUT2D eigenvalue weighted by molar-refractivity contribution is 5.99. The predicted molar refractivity (Wildman–Crippen MR) is 88.2 cm³/mol. The maximum Gasteiger partial charge on any atom is 0.257 e. The van der Waals surface area contributed by atoms with E-state index >= 15 is 0 Å². The second kappa shape index (κ2) is 5.93. The normalized spacial score (nSPS) is 25.0. The largest absolute Gasteiger partial charge is 0.392 e.